The average molecular weight is 260 g/mol. The molecule has 0 heterocycles. The molecule has 0 fully saturated rings. The summed E-state index contributed by atoms with van der Waals surface area (Å²) in [5.74, 6) is -1.44. The SMILES string of the molecule is CC(C)(CCSc1cc(F)ccc1F)C(=O)O. The standard InChI is InChI=1S/C12H14F2O2S/c1-12(2,11(15)16)5-6-17-10-7-8(13)3-4-9(10)14/h3-4,7H,5-6H2,1-2H3,(H,15,16). The lowest BCUT2D eigenvalue weighted by Crippen LogP contribution is -2.24. The second kappa shape index (κ2) is 5.49. The minimum absolute atomic E-state index is 0.214. The molecule has 17 heavy (non-hydrogen) atoms. The van der Waals surface area contributed by atoms with E-state index in [1.54, 1.807) is 13.8 Å². The number of aliphatic carboxylic acids is 1. The molecule has 94 valence electrons. The number of halogens is 2. The topological polar surface area (TPSA) is 37.3 Å². The van der Waals surface area contributed by atoms with Crippen LogP contribution in [-0.2, 0) is 4.79 Å². The molecule has 1 aromatic carbocycles. The molecular weight excluding hydrogens is 246 g/mol. The molecule has 0 saturated heterocycles. The number of thioether (sulfide) groups is 1. The van der Waals surface area contributed by atoms with Crippen molar-refractivity contribution in [3.8, 4) is 0 Å². The van der Waals surface area contributed by atoms with Crippen molar-refractivity contribution in [3.63, 3.8) is 0 Å². The van der Waals surface area contributed by atoms with E-state index in [4.69, 9.17) is 5.11 Å². The number of carboxylic acid groups (broad SMARTS) is 1. The summed E-state index contributed by atoms with van der Waals surface area (Å²) in [6, 6.07) is 3.24. The van der Waals surface area contributed by atoms with Crippen LogP contribution >= 0.6 is 11.8 Å². The van der Waals surface area contributed by atoms with E-state index in [2.05, 4.69) is 0 Å². The third-order valence-corrected chi connectivity index (χ3v) is 3.49. The summed E-state index contributed by atoms with van der Waals surface area (Å²) in [4.78, 5) is 11.1. The highest BCUT2D eigenvalue weighted by Gasteiger charge is 2.26. The maximum Gasteiger partial charge on any atom is 0.309 e. The number of hydrogen-bond acceptors (Lipinski definition) is 2. The Bertz CT molecular complexity index is 419. The van der Waals surface area contributed by atoms with Crippen LogP contribution in [0.3, 0.4) is 0 Å². The summed E-state index contributed by atoms with van der Waals surface area (Å²) in [5, 5.41) is 8.89. The fourth-order valence-corrected chi connectivity index (χ4v) is 2.35. The third kappa shape index (κ3) is 4.00. The lowest BCUT2D eigenvalue weighted by Gasteiger charge is -2.18. The lowest BCUT2D eigenvalue weighted by atomic mass is 9.91. The maximum absolute atomic E-state index is 13.2. The molecule has 2 nitrogen and oxygen atoms in total. The van der Waals surface area contributed by atoms with E-state index in [-0.39, 0.29) is 4.90 Å². The quantitative estimate of drug-likeness (QED) is 0.822. The Hall–Kier alpha value is -1.10. The molecule has 0 spiro atoms. The number of benzene rings is 1. The number of carbonyl (C=O) groups is 1. The van der Waals surface area contributed by atoms with Crippen LogP contribution in [-0.4, -0.2) is 16.8 Å². The van der Waals surface area contributed by atoms with Gasteiger partial charge in [0, 0.05) is 4.90 Å². The molecule has 0 radical (unpaired) electrons. The molecule has 5 heteroatoms. The Morgan fingerprint density at radius 2 is 2.06 bits per heavy atom. The molecule has 0 bridgehead atoms. The summed E-state index contributed by atoms with van der Waals surface area (Å²) in [6.07, 6.45) is 0.392. The van der Waals surface area contributed by atoms with Gasteiger partial charge in [0.2, 0.25) is 0 Å². The van der Waals surface area contributed by atoms with E-state index in [0.29, 0.717) is 12.2 Å². The molecule has 0 aliphatic rings. The van der Waals surface area contributed by atoms with Crippen molar-refractivity contribution >= 4 is 17.7 Å². The van der Waals surface area contributed by atoms with Crippen molar-refractivity contribution in [2.75, 3.05) is 5.75 Å². The predicted octanol–water partition coefficient (Wildman–Crippen LogP) is 3.56. The van der Waals surface area contributed by atoms with Gasteiger partial charge in [-0.3, -0.25) is 4.79 Å². The number of hydrogen-bond donors (Lipinski definition) is 1. The zero-order valence-corrected chi connectivity index (χ0v) is 10.5. The largest absolute Gasteiger partial charge is 0.481 e. The van der Waals surface area contributed by atoms with Crippen molar-refractivity contribution in [2.45, 2.75) is 25.2 Å². The van der Waals surface area contributed by atoms with Crippen LogP contribution in [0.15, 0.2) is 23.1 Å². The zero-order chi connectivity index (χ0) is 13.1. The smallest absolute Gasteiger partial charge is 0.309 e. The van der Waals surface area contributed by atoms with Crippen molar-refractivity contribution in [2.24, 2.45) is 5.41 Å². The van der Waals surface area contributed by atoms with Gasteiger partial charge in [0.1, 0.15) is 11.6 Å². The Balaban J connectivity index is 2.57. The number of rotatable bonds is 5. The highest BCUT2D eigenvalue weighted by Crippen LogP contribution is 2.28. The highest BCUT2D eigenvalue weighted by atomic mass is 32.2. The van der Waals surface area contributed by atoms with Crippen LogP contribution in [0.5, 0.6) is 0 Å². The summed E-state index contributed by atoms with van der Waals surface area (Å²) in [7, 11) is 0. The van der Waals surface area contributed by atoms with Crippen LogP contribution in [0, 0.1) is 17.0 Å². The molecule has 0 aliphatic carbocycles. The molecule has 1 N–H and O–H groups in total. The summed E-state index contributed by atoms with van der Waals surface area (Å²) < 4.78 is 26.1. The molecule has 1 aromatic rings. The lowest BCUT2D eigenvalue weighted by molar-refractivity contribution is -0.146. The van der Waals surface area contributed by atoms with Gasteiger partial charge in [0.05, 0.1) is 5.41 Å². The Morgan fingerprint density at radius 3 is 2.65 bits per heavy atom. The predicted molar refractivity (Wildman–Crippen MR) is 63.1 cm³/mol. The van der Waals surface area contributed by atoms with E-state index in [1.165, 1.54) is 0 Å². The first-order valence-corrected chi connectivity index (χ1v) is 6.13. The molecule has 0 atom stereocenters. The van der Waals surface area contributed by atoms with Gasteiger partial charge in [-0.25, -0.2) is 8.78 Å². The summed E-state index contributed by atoms with van der Waals surface area (Å²) in [6.45, 7) is 3.22. The maximum atomic E-state index is 13.2. The number of carboxylic acids is 1. The van der Waals surface area contributed by atoms with Crippen LogP contribution < -0.4 is 0 Å². The Kier molecular flexibility index (Phi) is 4.51. The van der Waals surface area contributed by atoms with Gasteiger partial charge in [0.25, 0.3) is 0 Å². The van der Waals surface area contributed by atoms with Gasteiger partial charge in [0.15, 0.2) is 0 Å². The second-order valence-electron chi connectivity index (χ2n) is 4.36. The summed E-state index contributed by atoms with van der Waals surface area (Å²) in [5.41, 5.74) is -0.850. The third-order valence-electron chi connectivity index (χ3n) is 2.46. The molecule has 0 aromatic heterocycles. The molecule has 0 unspecified atom stereocenters. The molecule has 0 saturated carbocycles. The fourth-order valence-electron chi connectivity index (χ4n) is 1.11. The van der Waals surface area contributed by atoms with E-state index >= 15 is 0 Å². The Labute approximate surface area is 103 Å². The molecule has 0 amide bonds. The Morgan fingerprint density at radius 1 is 1.41 bits per heavy atom. The molecule has 0 aliphatic heterocycles. The van der Waals surface area contributed by atoms with Gasteiger partial charge in [-0.15, -0.1) is 11.8 Å². The second-order valence-corrected chi connectivity index (χ2v) is 5.50. The van der Waals surface area contributed by atoms with Gasteiger partial charge in [-0.05, 0) is 44.2 Å². The van der Waals surface area contributed by atoms with Crippen LogP contribution in [0.2, 0.25) is 0 Å². The first-order chi connectivity index (χ1) is 7.83. The zero-order valence-electron chi connectivity index (χ0n) is 9.67. The molecular formula is C12H14F2O2S. The van der Waals surface area contributed by atoms with Gasteiger partial charge in [-0.1, -0.05) is 0 Å². The van der Waals surface area contributed by atoms with Crippen LogP contribution in [0.25, 0.3) is 0 Å². The van der Waals surface area contributed by atoms with Crippen LogP contribution in [0.1, 0.15) is 20.3 Å². The normalized spacial score (nSPS) is 11.5. The summed E-state index contributed by atoms with van der Waals surface area (Å²) >= 11 is 1.13. The minimum Gasteiger partial charge on any atom is -0.481 e. The van der Waals surface area contributed by atoms with E-state index in [1.807, 2.05) is 0 Å². The minimum atomic E-state index is -0.891. The van der Waals surface area contributed by atoms with E-state index in [9.17, 15) is 13.6 Å². The van der Waals surface area contributed by atoms with Crippen molar-refractivity contribution in [1.82, 2.24) is 0 Å². The fraction of sp³-hybridized carbons (Fsp3) is 0.417. The molecule has 1 rings (SSSR count). The van der Waals surface area contributed by atoms with E-state index < -0.39 is 23.0 Å². The van der Waals surface area contributed by atoms with Crippen LogP contribution in [0.4, 0.5) is 8.78 Å². The highest BCUT2D eigenvalue weighted by molar-refractivity contribution is 7.99. The van der Waals surface area contributed by atoms with E-state index in [0.717, 1.165) is 30.0 Å². The van der Waals surface area contributed by atoms with Crippen molar-refractivity contribution < 1.29 is 18.7 Å². The van der Waals surface area contributed by atoms with Crippen molar-refractivity contribution in [3.05, 3.63) is 29.8 Å². The monoisotopic (exact) mass is 260 g/mol. The van der Waals surface area contributed by atoms with Gasteiger partial charge in [-0.2, -0.15) is 0 Å². The first kappa shape index (κ1) is 14.0. The van der Waals surface area contributed by atoms with Crippen molar-refractivity contribution in [1.29, 1.82) is 0 Å². The van der Waals surface area contributed by atoms with Gasteiger partial charge >= 0.3 is 5.97 Å². The average Bonchev–Trinajstić information content (AvgIpc) is 2.22. The first-order valence-electron chi connectivity index (χ1n) is 5.14. The van der Waals surface area contributed by atoms with Gasteiger partial charge < -0.3 is 5.11 Å².